The number of amides is 1. The molecule has 2 N–H and O–H groups in total. The molecule has 1 amide bonds. The van der Waals surface area contributed by atoms with E-state index in [1.165, 1.54) is 0 Å². The molecule has 0 aromatic carbocycles. The molecule has 0 radical (unpaired) electrons. The number of carbonyl (C=O) groups excluding carboxylic acids is 1. The fourth-order valence-electron chi connectivity index (χ4n) is 0.544. The first-order valence-corrected chi connectivity index (χ1v) is 3.74. The van der Waals surface area contributed by atoms with Gasteiger partial charge in [-0.1, -0.05) is 29.5 Å². The molecule has 0 aliphatic rings. The highest BCUT2D eigenvalue weighted by atomic mass is 16.5. The fraction of sp³-hybridized carbons (Fsp3) is 0.375. The molecule has 5 nitrogen and oxygen atoms in total. The van der Waals surface area contributed by atoms with Crippen molar-refractivity contribution in [3.63, 3.8) is 0 Å². The minimum Gasteiger partial charge on any atom is -0.368 e. The van der Waals surface area contributed by atoms with Crippen LogP contribution in [-0.2, 0) is 9.53 Å². The first-order chi connectivity index (χ1) is 6.27. The number of hydrogen-bond acceptors (Lipinski definition) is 4. The minimum atomic E-state index is -0.492. The standard InChI is InChI=1S/C8H12N2O3/c9-8(11)7-13-6-4-2-1-3-5-10-12/h1-4H,5-7H2,(H2,9,11)/b3-1+,4-2+. The van der Waals surface area contributed by atoms with Gasteiger partial charge >= 0.3 is 0 Å². The van der Waals surface area contributed by atoms with Crippen molar-refractivity contribution in [1.29, 1.82) is 0 Å². The Morgan fingerprint density at radius 3 is 2.69 bits per heavy atom. The third kappa shape index (κ3) is 10.5. The van der Waals surface area contributed by atoms with Gasteiger partial charge in [0.2, 0.25) is 5.91 Å². The van der Waals surface area contributed by atoms with E-state index < -0.39 is 5.91 Å². The summed E-state index contributed by atoms with van der Waals surface area (Å²) in [4.78, 5) is 19.8. The number of ether oxygens (including phenoxy) is 1. The molecule has 0 aromatic heterocycles. The third-order valence-corrected chi connectivity index (χ3v) is 1.02. The molecule has 0 aliphatic carbocycles. The van der Waals surface area contributed by atoms with E-state index in [1.807, 2.05) is 0 Å². The molecule has 13 heavy (non-hydrogen) atoms. The summed E-state index contributed by atoms with van der Waals surface area (Å²) in [5.74, 6) is -0.492. The third-order valence-electron chi connectivity index (χ3n) is 1.02. The zero-order valence-corrected chi connectivity index (χ0v) is 7.18. The van der Waals surface area contributed by atoms with E-state index in [0.717, 1.165) is 0 Å². The largest absolute Gasteiger partial charge is 0.368 e. The lowest BCUT2D eigenvalue weighted by Gasteiger charge is -1.93. The van der Waals surface area contributed by atoms with Crippen molar-refractivity contribution >= 4 is 5.91 Å². The van der Waals surface area contributed by atoms with Crippen molar-refractivity contribution in [2.45, 2.75) is 0 Å². The molecule has 72 valence electrons. The SMILES string of the molecule is NC(=O)COC/C=C/C=C/CN=O. The second kappa shape index (κ2) is 8.61. The van der Waals surface area contributed by atoms with Crippen LogP contribution in [0.4, 0.5) is 0 Å². The van der Waals surface area contributed by atoms with Crippen molar-refractivity contribution in [2.75, 3.05) is 19.8 Å². The highest BCUT2D eigenvalue weighted by molar-refractivity contribution is 5.74. The van der Waals surface area contributed by atoms with Gasteiger partial charge in [-0.15, -0.1) is 0 Å². The number of primary amides is 1. The Labute approximate surface area is 76.2 Å². The van der Waals surface area contributed by atoms with Crippen LogP contribution in [0.25, 0.3) is 0 Å². The fourth-order valence-corrected chi connectivity index (χ4v) is 0.544. The van der Waals surface area contributed by atoms with Gasteiger partial charge in [-0.2, -0.15) is 4.91 Å². The maximum atomic E-state index is 10.2. The topological polar surface area (TPSA) is 81.8 Å². The van der Waals surface area contributed by atoms with E-state index in [1.54, 1.807) is 24.3 Å². The summed E-state index contributed by atoms with van der Waals surface area (Å²) in [5.41, 5.74) is 4.82. The predicted octanol–water partition coefficient (Wildman–Crippen LogP) is 0.367. The molecule has 0 rings (SSSR count). The van der Waals surface area contributed by atoms with Crippen molar-refractivity contribution in [3.8, 4) is 0 Å². The van der Waals surface area contributed by atoms with Gasteiger partial charge in [0.05, 0.1) is 13.2 Å². The predicted molar refractivity (Wildman–Crippen MR) is 49.0 cm³/mol. The number of carbonyl (C=O) groups is 1. The summed E-state index contributed by atoms with van der Waals surface area (Å²) in [7, 11) is 0. The molecule has 0 fully saturated rings. The van der Waals surface area contributed by atoms with Crippen LogP contribution in [0.1, 0.15) is 0 Å². The van der Waals surface area contributed by atoms with Crippen molar-refractivity contribution < 1.29 is 9.53 Å². The Bertz CT molecular complexity index is 211. The average Bonchev–Trinajstić information content (AvgIpc) is 2.09. The maximum absolute atomic E-state index is 10.2. The monoisotopic (exact) mass is 184 g/mol. The van der Waals surface area contributed by atoms with Gasteiger partial charge < -0.3 is 10.5 Å². The molecule has 0 saturated carbocycles. The van der Waals surface area contributed by atoms with Gasteiger partial charge in [-0.05, 0) is 0 Å². The quantitative estimate of drug-likeness (QED) is 0.352. The molecule has 0 unspecified atom stereocenters. The van der Waals surface area contributed by atoms with Crippen LogP contribution in [0, 0.1) is 4.91 Å². The second-order valence-electron chi connectivity index (χ2n) is 2.15. The molecule has 0 saturated heterocycles. The molecule has 0 atom stereocenters. The van der Waals surface area contributed by atoms with Crippen LogP contribution in [0.5, 0.6) is 0 Å². The molecule has 0 aromatic rings. The Balaban J connectivity index is 3.31. The Hall–Kier alpha value is -1.49. The summed E-state index contributed by atoms with van der Waals surface area (Å²) in [6.45, 7) is 0.401. The van der Waals surface area contributed by atoms with E-state index in [4.69, 9.17) is 10.5 Å². The maximum Gasteiger partial charge on any atom is 0.243 e. The molecule has 0 bridgehead atoms. The molecular formula is C8H12N2O3. The van der Waals surface area contributed by atoms with E-state index in [0.29, 0.717) is 6.61 Å². The van der Waals surface area contributed by atoms with E-state index >= 15 is 0 Å². The summed E-state index contributed by atoms with van der Waals surface area (Å²) in [5, 5.41) is 2.63. The first-order valence-electron chi connectivity index (χ1n) is 3.74. The molecule has 0 heterocycles. The Kier molecular flexibility index (Phi) is 7.62. The number of nitroso groups, excluding NO2 is 1. The number of nitrogens with two attached hydrogens (primary N) is 1. The molecule has 0 spiro atoms. The summed E-state index contributed by atoms with van der Waals surface area (Å²) >= 11 is 0. The van der Waals surface area contributed by atoms with Crippen molar-refractivity contribution in [1.82, 2.24) is 0 Å². The van der Waals surface area contributed by atoms with Gasteiger partial charge in [0.15, 0.2) is 0 Å². The van der Waals surface area contributed by atoms with Crippen LogP contribution >= 0.6 is 0 Å². The van der Waals surface area contributed by atoms with Gasteiger partial charge in [-0.25, -0.2) is 0 Å². The lowest BCUT2D eigenvalue weighted by Crippen LogP contribution is -2.17. The number of allylic oxidation sites excluding steroid dienone is 2. The van der Waals surface area contributed by atoms with Gasteiger partial charge in [0.25, 0.3) is 0 Å². The molecule has 5 heteroatoms. The Morgan fingerprint density at radius 2 is 2.08 bits per heavy atom. The number of hydrogen-bond donors (Lipinski definition) is 1. The number of nitrogens with zero attached hydrogens (tertiary/aromatic N) is 1. The van der Waals surface area contributed by atoms with E-state index in [2.05, 4.69) is 5.18 Å². The molecule has 0 aliphatic heterocycles. The lowest BCUT2D eigenvalue weighted by atomic mass is 10.4. The smallest absolute Gasteiger partial charge is 0.243 e. The average molecular weight is 184 g/mol. The normalized spacial score (nSPS) is 11.1. The van der Waals surface area contributed by atoms with Crippen LogP contribution in [0.15, 0.2) is 29.5 Å². The molecular weight excluding hydrogens is 172 g/mol. The zero-order valence-electron chi connectivity index (χ0n) is 7.18. The van der Waals surface area contributed by atoms with Gasteiger partial charge in [0, 0.05) is 0 Å². The highest BCUT2D eigenvalue weighted by Gasteiger charge is 1.89. The summed E-state index contributed by atoms with van der Waals surface area (Å²) in [6.07, 6.45) is 6.68. The van der Waals surface area contributed by atoms with E-state index in [9.17, 15) is 9.70 Å². The van der Waals surface area contributed by atoms with E-state index in [-0.39, 0.29) is 13.2 Å². The van der Waals surface area contributed by atoms with Crippen LogP contribution in [0.3, 0.4) is 0 Å². The highest BCUT2D eigenvalue weighted by Crippen LogP contribution is 1.80. The van der Waals surface area contributed by atoms with Crippen LogP contribution in [-0.4, -0.2) is 25.7 Å². The summed E-state index contributed by atoms with van der Waals surface area (Å²) in [6, 6.07) is 0. The van der Waals surface area contributed by atoms with Crippen molar-refractivity contribution in [3.05, 3.63) is 29.2 Å². The number of rotatable bonds is 7. The van der Waals surface area contributed by atoms with Gasteiger partial charge in [0.1, 0.15) is 6.61 Å². The zero-order chi connectivity index (χ0) is 9.94. The van der Waals surface area contributed by atoms with Crippen LogP contribution in [0.2, 0.25) is 0 Å². The summed E-state index contributed by atoms with van der Waals surface area (Å²) < 4.78 is 4.82. The minimum absolute atomic E-state index is 0.0794. The lowest BCUT2D eigenvalue weighted by molar-refractivity contribution is -0.122. The van der Waals surface area contributed by atoms with Crippen LogP contribution < -0.4 is 5.73 Å². The second-order valence-corrected chi connectivity index (χ2v) is 2.15. The van der Waals surface area contributed by atoms with Crippen molar-refractivity contribution in [2.24, 2.45) is 10.9 Å². The first kappa shape index (κ1) is 11.5. The Morgan fingerprint density at radius 1 is 1.38 bits per heavy atom. The van der Waals surface area contributed by atoms with Gasteiger partial charge in [-0.3, -0.25) is 4.79 Å².